The smallest absolute Gasteiger partial charge is 0.123 e. The summed E-state index contributed by atoms with van der Waals surface area (Å²) in [5.41, 5.74) is -0.348. The highest BCUT2D eigenvalue weighted by molar-refractivity contribution is 6.31. The SMILES string of the molecule is OC1(c2cc(F)ccc2Cl)CCCC(C2CC2)C1. The van der Waals surface area contributed by atoms with Crippen LogP contribution < -0.4 is 0 Å². The molecule has 3 rings (SSSR count). The van der Waals surface area contributed by atoms with Crippen LogP contribution in [-0.2, 0) is 5.60 Å². The molecular formula is C15H18ClFO. The van der Waals surface area contributed by atoms with E-state index >= 15 is 0 Å². The number of aliphatic hydroxyl groups is 1. The van der Waals surface area contributed by atoms with E-state index in [0.717, 1.165) is 18.8 Å². The lowest BCUT2D eigenvalue weighted by Crippen LogP contribution is -2.33. The number of benzene rings is 1. The third-order valence-electron chi connectivity index (χ3n) is 4.48. The quantitative estimate of drug-likeness (QED) is 0.849. The molecule has 2 fully saturated rings. The van der Waals surface area contributed by atoms with Crippen molar-refractivity contribution >= 4 is 11.6 Å². The predicted molar refractivity (Wildman–Crippen MR) is 70.0 cm³/mol. The Labute approximate surface area is 112 Å². The van der Waals surface area contributed by atoms with Gasteiger partial charge in [0.25, 0.3) is 0 Å². The molecule has 0 heterocycles. The zero-order valence-electron chi connectivity index (χ0n) is 10.3. The molecule has 1 nitrogen and oxygen atoms in total. The molecule has 3 heteroatoms. The molecule has 0 amide bonds. The number of rotatable bonds is 2. The van der Waals surface area contributed by atoms with Crippen molar-refractivity contribution in [1.29, 1.82) is 0 Å². The minimum Gasteiger partial charge on any atom is -0.385 e. The summed E-state index contributed by atoms with van der Waals surface area (Å²) in [5.74, 6) is 1.05. The van der Waals surface area contributed by atoms with Crippen LogP contribution in [0.4, 0.5) is 4.39 Å². The maximum Gasteiger partial charge on any atom is 0.123 e. The predicted octanol–water partition coefficient (Wildman–Crippen LogP) is 4.27. The van der Waals surface area contributed by atoms with E-state index < -0.39 is 5.60 Å². The highest BCUT2D eigenvalue weighted by atomic mass is 35.5. The van der Waals surface area contributed by atoms with E-state index in [1.54, 1.807) is 6.07 Å². The first-order valence-electron chi connectivity index (χ1n) is 6.76. The lowest BCUT2D eigenvalue weighted by Gasteiger charge is -2.38. The van der Waals surface area contributed by atoms with Crippen LogP contribution in [0.5, 0.6) is 0 Å². The highest BCUT2D eigenvalue weighted by Crippen LogP contribution is 2.50. The number of hydrogen-bond acceptors (Lipinski definition) is 1. The first-order valence-corrected chi connectivity index (χ1v) is 7.14. The van der Waals surface area contributed by atoms with E-state index in [1.807, 2.05) is 0 Å². The summed E-state index contributed by atoms with van der Waals surface area (Å²) in [7, 11) is 0. The lowest BCUT2D eigenvalue weighted by molar-refractivity contribution is -0.0252. The Morgan fingerprint density at radius 2 is 2.00 bits per heavy atom. The lowest BCUT2D eigenvalue weighted by atomic mass is 9.73. The minimum absolute atomic E-state index is 0.323. The Morgan fingerprint density at radius 1 is 1.22 bits per heavy atom. The van der Waals surface area contributed by atoms with Crippen molar-refractivity contribution in [2.24, 2.45) is 11.8 Å². The van der Waals surface area contributed by atoms with Crippen molar-refractivity contribution in [3.8, 4) is 0 Å². The maximum atomic E-state index is 13.4. The first-order chi connectivity index (χ1) is 8.58. The molecule has 0 aliphatic heterocycles. The van der Waals surface area contributed by atoms with Crippen LogP contribution in [0.1, 0.15) is 44.1 Å². The molecule has 1 aromatic carbocycles. The van der Waals surface area contributed by atoms with Gasteiger partial charge in [-0.1, -0.05) is 11.6 Å². The second kappa shape index (κ2) is 4.50. The van der Waals surface area contributed by atoms with Gasteiger partial charge in [-0.3, -0.25) is 0 Å². The molecule has 2 aliphatic carbocycles. The van der Waals surface area contributed by atoms with E-state index in [9.17, 15) is 9.50 Å². The van der Waals surface area contributed by atoms with E-state index in [0.29, 0.717) is 22.9 Å². The second-order valence-corrected chi connectivity index (χ2v) is 6.26. The fourth-order valence-corrected chi connectivity index (χ4v) is 3.66. The molecule has 0 saturated heterocycles. The monoisotopic (exact) mass is 268 g/mol. The first kappa shape index (κ1) is 12.4. The third kappa shape index (κ3) is 2.28. The van der Waals surface area contributed by atoms with Crippen molar-refractivity contribution in [1.82, 2.24) is 0 Å². The zero-order chi connectivity index (χ0) is 12.8. The van der Waals surface area contributed by atoms with Crippen LogP contribution in [0.3, 0.4) is 0 Å². The summed E-state index contributed by atoms with van der Waals surface area (Å²) >= 11 is 6.14. The minimum atomic E-state index is -0.926. The molecule has 2 unspecified atom stereocenters. The Kier molecular flexibility index (Phi) is 3.11. The summed E-state index contributed by atoms with van der Waals surface area (Å²) in [5, 5.41) is 11.3. The summed E-state index contributed by atoms with van der Waals surface area (Å²) < 4.78 is 13.4. The molecule has 18 heavy (non-hydrogen) atoms. The summed E-state index contributed by atoms with van der Waals surface area (Å²) in [6.07, 6.45) is 6.21. The molecule has 0 aromatic heterocycles. The summed E-state index contributed by atoms with van der Waals surface area (Å²) in [6, 6.07) is 4.29. The van der Waals surface area contributed by atoms with Gasteiger partial charge in [-0.2, -0.15) is 0 Å². The van der Waals surface area contributed by atoms with E-state index in [1.165, 1.54) is 31.4 Å². The number of hydrogen-bond donors (Lipinski definition) is 1. The average molecular weight is 269 g/mol. The maximum absolute atomic E-state index is 13.4. The molecule has 0 bridgehead atoms. The van der Waals surface area contributed by atoms with E-state index in [4.69, 9.17) is 11.6 Å². The molecular weight excluding hydrogens is 251 g/mol. The van der Waals surface area contributed by atoms with Gasteiger partial charge in [-0.25, -0.2) is 4.39 Å². The van der Waals surface area contributed by atoms with Gasteiger partial charge in [0, 0.05) is 10.6 Å². The van der Waals surface area contributed by atoms with Gasteiger partial charge in [0.05, 0.1) is 5.60 Å². The Bertz CT molecular complexity index is 458. The fourth-order valence-electron chi connectivity index (χ4n) is 3.36. The summed E-state index contributed by atoms with van der Waals surface area (Å²) in [6.45, 7) is 0. The topological polar surface area (TPSA) is 20.2 Å². The van der Waals surface area contributed by atoms with Gasteiger partial charge in [0.1, 0.15) is 5.82 Å². The standard InChI is InChI=1S/C15H18ClFO/c16-14-6-5-12(17)8-13(14)15(18)7-1-2-11(9-15)10-3-4-10/h5-6,8,10-11,18H,1-4,7,9H2. The van der Waals surface area contributed by atoms with Crippen molar-refractivity contribution in [2.45, 2.75) is 44.1 Å². The van der Waals surface area contributed by atoms with Gasteiger partial charge in [-0.05, 0) is 68.6 Å². The van der Waals surface area contributed by atoms with Crippen LogP contribution in [0.2, 0.25) is 5.02 Å². The van der Waals surface area contributed by atoms with E-state index in [-0.39, 0.29) is 5.82 Å². The van der Waals surface area contributed by atoms with Crippen LogP contribution in [0.15, 0.2) is 18.2 Å². The Morgan fingerprint density at radius 3 is 2.72 bits per heavy atom. The molecule has 2 atom stereocenters. The summed E-state index contributed by atoms with van der Waals surface area (Å²) in [4.78, 5) is 0. The van der Waals surface area contributed by atoms with Crippen molar-refractivity contribution in [2.75, 3.05) is 0 Å². The molecule has 1 aromatic rings. The highest BCUT2D eigenvalue weighted by Gasteiger charge is 2.42. The molecule has 0 spiro atoms. The van der Waals surface area contributed by atoms with Crippen LogP contribution in [-0.4, -0.2) is 5.11 Å². The van der Waals surface area contributed by atoms with Gasteiger partial charge < -0.3 is 5.11 Å². The van der Waals surface area contributed by atoms with Crippen LogP contribution in [0.25, 0.3) is 0 Å². The largest absolute Gasteiger partial charge is 0.385 e. The normalized spacial score (nSPS) is 32.5. The van der Waals surface area contributed by atoms with Crippen LogP contribution >= 0.6 is 11.6 Å². The third-order valence-corrected chi connectivity index (χ3v) is 4.81. The second-order valence-electron chi connectivity index (χ2n) is 5.85. The number of halogens is 2. The Balaban J connectivity index is 1.90. The van der Waals surface area contributed by atoms with Gasteiger partial charge >= 0.3 is 0 Å². The van der Waals surface area contributed by atoms with Crippen molar-refractivity contribution in [3.63, 3.8) is 0 Å². The van der Waals surface area contributed by atoms with Crippen molar-refractivity contribution < 1.29 is 9.50 Å². The Hall–Kier alpha value is -0.600. The molecule has 2 saturated carbocycles. The van der Waals surface area contributed by atoms with E-state index in [2.05, 4.69) is 0 Å². The van der Waals surface area contributed by atoms with Crippen LogP contribution in [0, 0.1) is 17.7 Å². The molecule has 2 aliphatic rings. The molecule has 98 valence electrons. The van der Waals surface area contributed by atoms with Gasteiger partial charge in [-0.15, -0.1) is 0 Å². The zero-order valence-corrected chi connectivity index (χ0v) is 11.1. The average Bonchev–Trinajstić information content (AvgIpc) is 3.16. The van der Waals surface area contributed by atoms with Gasteiger partial charge in [0.15, 0.2) is 0 Å². The molecule has 1 N–H and O–H groups in total. The molecule has 0 radical (unpaired) electrons. The fraction of sp³-hybridized carbons (Fsp3) is 0.600. The van der Waals surface area contributed by atoms with Crippen molar-refractivity contribution in [3.05, 3.63) is 34.6 Å². The van der Waals surface area contributed by atoms with Gasteiger partial charge in [0.2, 0.25) is 0 Å².